The standard InChI is InChI=1S/C8H6N4O2S2/c9-6(13)4-2-16-8(11-4)12-7(14)5-1-15-3-10-5/h1-3H,(H2,9,13)(H,11,12,14). The van der Waals surface area contributed by atoms with Crippen molar-refractivity contribution in [3.63, 3.8) is 0 Å². The van der Waals surface area contributed by atoms with Crippen molar-refractivity contribution in [2.24, 2.45) is 5.73 Å². The molecule has 0 aliphatic rings. The van der Waals surface area contributed by atoms with Gasteiger partial charge in [0.25, 0.3) is 11.8 Å². The van der Waals surface area contributed by atoms with Gasteiger partial charge in [-0.1, -0.05) is 0 Å². The summed E-state index contributed by atoms with van der Waals surface area (Å²) in [5.74, 6) is -0.975. The van der Waals surface area contributed by atoms with Gasteiger partial charge in [-0.25, -0.2) is 9.97 Å². The van der Waals surface area contributed by atoms with Gasteiger partial charge in [-0.15, -0.1) is 22.7 Å². The molecular formula is C8H6N4O2S2. The molecule has 0 radical (unpaired) electrons. The van der Waals surface area contributed by atoms with Crippen LogP contribution in [-0.4, -0.2) is 21.8 Å². The van der Waals surface area contributed by atoms with Crippen molar-refractivity contribution >= 4 is 39.6 Å². The summed E-state index contributed by atoms with van der Waals surface area (Å²) in [6.45, 7) is 0. The SMILES string of the molecule is NC(=O)c1csc(NC(=O)c2cscn2)n1. The second-order valence-corrected chi connectivity index (χ2v) is 4.31. The van der Waals surface area contributed by atoms with Gasteiger partial charge in [0.2, 0.25) is 0 Å². The molecule has 8 heteroatoms. The van der Waals surface area contributed by atoms with E-state index in [-0.39, 0.29) is 11.6 Å². The molecule has 0 bridgehead atoms. The van der Waals surface area contributed by atoms with Crippen LogP contribution in [0.2, 0.25) is 0 Å². The van der Waals surface area contributed by atoms with E-state index in [2.05, 4.69) is 15.3 Å². The summed E-state index contributed by atoms with van der Waals surface area (Å²) in [5, 5.41) is 5.96. The molecule has 2 amide bonds. The van der Waals surface area contributed by atoms with Crippen LogP contribution in [0.4, 0.5) is 5.13 Å². The number of hydrogen-bond donors (Lipinski definition) is 2. The first-order valence-electron chi connectivity index (χ1n) is 4.11. The van der Waals surface area contributed by atoms with Crippen LogP contribution in [-0.2, 0) is 0 Å². The third-order valence-corrected chi connectivity index (χ3v) is 2.99. The molecule has 82 valence electrons. The highest BCUT2D eigenvalue weighted by Crippen LogP contribution is 2.16. The molecule has 0 unspecified atom stereocenters. The van der Waals surface area contributed by atoms with Crippen molar-refractivity contribution in [2.45, 2.75) is 0 Å². The number of nitrogens with two attached hydrogens (primary N) is 1. The summed E-state index contributed by atoms with van der Waals surface area (Å²) >= 11 is 2.46. The number of thiazole rings is 2. The number of aromatic nitrogens is 2. The lowest BCUT2D eigenvalue weighted by Crippen LogP contribution is -2.14. The maximum absolute atomic E-state index is 11.5. The highest BCUT2D eigenvalue weighted by Gasteiger charge is 2.12. The summed E-state index contributed by atoms with van der Waals surface area (Å²) in [4.78, 5) is 30.0. The monoisotopic (exact) mass is 254 g/mol. The average molecular weight is 254 g/mol. The number of carbonyl (C=O) groups excluding carboxylic acids is 2. The third-order valence-electron chi connectivity index (χ3n) is 1.64. The predicted molar refractivity (Wildman–Crippen MR) is 60.7 cm³/mol. The van der Waals surface area contributed by atoms with Gasteiger partial charge in [-0.05, 0) is 0 Å². The maximum atomic E-state index is 11.5. The number of nitrogens with zero attached hydrogens (tertiary/aromatic N) is 2. The number of primary amides is 1. The highest BCUT2D eigenvalue weighted by atomic mass is 32.1. The Kier molecular flexibility index (Phi) is 2.93. The lowest BCUT2D eigenvalue weighted by Gasteiger charge is -1.96. The minimum Gasteiger partial charge on any atom is -0.364 e. The predicted octanol–water partition coefficient (Wildman–Crippen LogP) is 0.951. The van der Waals surface area contributed by atoms with Crippen LogP contribution in [0, 0.1) is 0 Å². The maximum Gasteiger partial charge on any atom is 0.276 e. The minimum absolute atomic E-state index is 0.138. The summed E-state index contributed by atoms with van der Waals surface area (Å²) in [6, 6.07) is 0. The molecule has 0 aliphatic carbocycles. The molecule has 16 heavy (non-hydrogen) atoms. The molecule has 6 nitrogen and oxygen atoms in total. The topological polar surface area (TPSA) is 98.0 Å². The van der Waals surface area contributed by atoms with E-state index < -0.39 is 5.91 Å². The molecule has 3 N–H and O–H groups in total. The van der Waals surface area contributed by atoms with Crippen LogP contribution in [0.15, 0.2) is 16.3 Å². The lowest BCUT2D eigenvalue weighted by molar-refractivity contribution is 0.0991. The molecule has 2 aromatic heterocycles. The summed E-state index contributed by atoms with van der Waals surface area (Å²) in [7, 11) is 0. The van der Waals surface area contributed by atoms with Crippen LogP contribution in [0.1, 0.15) is 21.0 Å². The Labute approximate surface area is 98.2 Å². The number of nitrogens with one attached hydrogen (secondary N) is 1. The fourth-order valence-electron chi connectivity index (χ4n) is 0.930. The van der Waals surface area contributed by atoms with E-state index in [1.54, 1.807) is 10.9 Å². The normalized spacial score (nSPS) is 10.0. The molecule has 0 aromatic carbocycles. The quantitative estimate of drug-likeness (QED) is 0.852. The summed E-state index contributed by atoms with van der Waals surface area (Å²) in [6.07, 6.45) is 0. The first-order valence-corrected chi connectivity index (χ1v) is 5.94. The van der Waals surface area contributed by atoms with Crippen LogP contribution >= 0.6 is 22.7 Å². The van der Waals surface area contributed by atoms with Gasteiger partial charge in [-0.3, -0.25) is 14.9 Å². The molecular weight excluding hydrogens is 248 g/mol. The average Bonchev–Trinajstić information content (AvgIpc) is 2.87. The fraction of sp³-hybridized carbons (Fsp3) is 0. The van der Waals surface area contributed by atoms with Gasteiger partial charge in [0, 0.05) is 10.8 Å². The fourth-order valence-corrected chi connectivity index (χ4v) is 2.16. The van der Waals surface area contributed by atoms with Crippen LogP contribution in [0.25, 0.3) is 0 Å². The molecule has 2 aromatic rings. The summed E-state index contributed by atoms with van der Waals surface area (Å²) in [5.41, 5.74) is 7.05. The molecule has 0 spiro atoms. The molecule has 0 saturated heterocycles. The van der Waals surface area contributed by atoms with E-state index in [1.165, 1.54) is 16.7 Å². The lowest BCUT2D eigenvalue weighted by atomic mass is 10.4. The Morgan fingerprint density at radius 3 is 2.69 bits per heavy atom. The van der Waals surface area contributed by atoms with Crippen molar-refractivity contribution in [3.8, 4) is 0 Å². The van der Waals surface area contributed by atoms with Crippen molar-refractivity contribution in [1.82, 2.24) is 9.97 Å². The van der Waals surface area contributed by atoms with E-state index >= 15 is 0 Å². The second-order valence-electron chi connectivity index (χ2n) is 2.73. The van der Waals surface area contributed by atoms with E-state index in [4.69, 9.17) is 5.73 Å². The van der Waals surface area contributed by atoms with Gasteiger partial charge >= 0.3 is 0 Å². The third kappa shape index (κ3) is 2.23. The Morgan fingerprint density at radius 1 is 1.31 bits per heavy atom. The van der Waals surface area contributed by atoms with Gasteiger partial charge < -0.3 is 5.73 Å². The first kappa shape index (κ1) is 10.7. The molecule has 2 heterocycles. The Hall–Kier alpha value is -1.80. The van der Waals surface area contributed by atoms with Crippen LogP contribution in [0.3, 0.4) is 0 Å². The van der Waals surface area contributed by atoms with Gasteiger partial charge in [0.05, 0.1) is 5.51 Å². The number of rotatable bonds is 3. The number of amides is 2. The van der Waals surface area contributed by atoms with E-state index in [1.807, 2.05) is 0 Å². The zero-order valence-corrected chi connectivity index (χ0v) is 9.47. The van der Waals surface area contributed by atoms with E-state index in [0.717, 1.165) is 11.3 Å². The van der Waals surface area contributed by atoms with Gasteiger partial charge in [0.15, 0.2) is 5.13 Å². The Morgan fingerprint density at radius 2 is 2.12 bits per heavy atom. The van der Waals surface area contributed by atoms with E-state index in [9.17, 15) is 9.59 Å². The number of anilines is 1. The zero-order valence-electron chi connectivity index (χ0n) is 7.84. The van der Waals surface area contributed by atoms with Gasteiger partial charge in [-0.2, -0.15) is 0 Å². The minimum atomic E-state index is -0.620. The Balaban J connectivity index is 2.09. The molecule has 0 atom stereocenters. The largest absolute Gasteiger partial charge is 0.364 e. The zero-order chi connectivity index (χ0) is 11.5. The number of carbonyl (C=O) groups is 2. The second kappa shape index (κ2) is 4.37. The van der Waals surface area contributed by atoms with Crippen LogP contribution in [0.5, 0.6) is 0 Å². The summed E-state index contributed by atoms with van der Waals surface area (Å²) < 4.78 is 0. The van der Waals surface area contributed by atoms with Crippen molar-refractivity contribution in [2.75, 3.05) is 5.32 Å². The van der Waals surface area contributed by atoms with Crippen molar-refractivity contribution in [3.05, 3.63) is 27.7 Å². The molecule has 0 saturated carbocycles. The van der Waals surface area contributed by atoms with Gasteiger partial charge in [0.1, 0.15) is 11.4 Å². The highest BCUT2D eigenvalue weighted by molar-refractivity contribution is 7.14. The van der Waals surface area contributed by atoms with Crippen LogP contribution < -0.4 is 11.1 Å². The smallest absolute Gasteiger partial charge is 0.276 e. The number of hydrogen-bond acceptors (Lipinski definition) is 6. The Bertz CT molecular complexity index is 520. The molecule has 0 fully saturated rings. The van der Waals surface area contributed by atoms with Crippen molar-refractivity contribution in [1.29, 1.82) is 0 Å². The first-order chi connectivity index (χ1) is 7.66. The molecule has 0 aliphatic heterocycles. The van der Waals surface area contributed by atoms with E-state index in [0.29, 0.717) is 10.8 Å². The molecule has 2 rings (SSSR count). The van der Waals surface area contributed by atoms with Crippen molar-refractivity contribution < 1.29 is 9.59 Å².